The molecule has 0 radical (unpaired) electrons. The molecule has 1 aromatic carbocycles. The Balaban J connectivity index is 1.99. The maximum absolute atomic E-state index is 6.29. The first-order valence-corrected chi connectivity index (χ1v) is 10.9. The number of allylic oxidation sites excluding steroid dienone is 3. The zero-order valence-electron chi connectivity index (χ0n) is 18.9. The molecule has 0 fully saturated rings. The summed E-state index contributed by atoms with van der Waals surface area (Å²) in [5.41, 5.74) is 7.38. The molecule has 2 unspecified atom stereocenters. The number of hydrogen-bond acceptors (Lipinski definition) is 4. The largest absolute Gasteiger partial charge is 0.437 e. The molecule has 2 atom stereocenters. The van der Waals surface area contributed by atoms with Gasteiger partial charge in [0.2, 0.25) is 5.71 Å². The van der Waals surface area contributed by atoms with Crippen LogP contribution in [-0.4, -0.2) is 23.5 Å². The molecule has 4 heteroatoms. The summed E-state index contributed by atoms with van der Waals surface area (Å²) in [4.78, 5) is 13.8. The van der Waals surface area contributed by atoms with Crippen LogP contribution in [0.15, 0.2) is 93.6 Å². The minimum atomic E-state index is -0.0367. The molecule has 0 bridgehead atoms. The third kappa shape index (κ3) is 4.01. The van der Waals surface area contributed by atoms with Crippen LogP contribution in [0.25, 0.3) is 22.1 Å². The second-order valence-corrected chi connectivity index (χ2v) is 8.60. The highest BCUT2D eigenvalue weighted by atomic mass is 16.3. The van der Waals surface area contributed by atoms with Crippen molar-refractivity contribution in [3.63, 3.8) is 0 Å². The third-order valence-electron chi connectivity index (χ3n) is 6.07. The van der Waals surface area contributed by atoms with Gasteiger partial charge in [-0.3, -0.25) is 9.98 Å². The number of nitrogens with zero attached hydrogens (tertiary/aromatic N) is 3. The van der Waals surface area contributed by atoms with Crippen LogP contribution in [0.2, 0.25) is 0 Å². The van der Waals surface area contributed by atoms with Crippen LogP contribution in [0, 0.1) is 5.92 Å². The summed E-state index contributed by atoms with van der Waals surface area (Å²) in [5.74, 6) is 0.128. The molecule has 0 saturated carbocycles. The first-order valence-electron chi connectivity index (χ1n) is 10.9. The number of aliphatic imine (C=N–C) groups is 2. The van der Waals surface area contributed by atoms with Crippen LogP contribution in [0.3, 0.4) is 0 Å². The average Bonchev–Trinajstić information content (AvgIpc) is 3.15. The fourth-order valence-corrected chi connectivity index (χ4v) is 4.52. The summed E-state index contributed by atoms with van der Waals surface area (Å²) < 4.78 is 6.29. The van der Waals surface area contributed by atoms with Gasteiger partial charge in [0.05, 0.1) is 11.8 Å². The minimum absolute atomic E-state index is 0.0367. The van der Waals surface area contributed by atoms with E-state index in [0.29, 0.717) is 12.1 Å². The zero-order chi connectivity index (χ0) is 22.8. The van der Waals surface area contributed by atoms with Gasteiger partial charge in [0.1, 0.15) is 5.58 Å². The molecular formula is C28H29N3O. The lowest BCUT2D eigenvalue weighted by Gasteiger charge is -2.26. The summed E-state index contributed by atoms with van der Waals surface area (Å²) in [6.45, 7) is 20.4. The third-order valence-corrected chi connectivity index (χ3v) is 6.07. The normalized spacial score (nSPS) is 20.8. The number of pyridine rings is 1. The Labute approximate surface area is 189 Å². The standard InChI is InChI=1S/C28H29N3O/c1-7-18(4)21-12-10-20-11-13-22-23-9-8-14-30-28(23)32-27(22)26(20)25(15-17(2)3)31-19(5)16-24(21)29-6/h7-9,11,13-15,21,24H,1,4-6,10,12,16H2,2-3H3/b31-25-. The quantitative estimate of drug-likeness (QED) is 0.335. The Morgan fingerprint density at radius 3 is 2.75 bits per heavy atom. The molecule has 4 nitrogen and oxygen atoms in total. The number of hydrogen-bond donors (Lipinski definition) is 0. The average molecular weight is 424 g/mol. The van der Waals surface area contributed by atoms with E-state index < -0.39 is 0 Å². The molecule has 0 spiro atoms. The van der Waals surface area contributed by atoms with Gasteiger partial charge in [-0.1, -0.05) is 49.1 Å². The first kappa shape index (κ1) is 21.7. The number of fused-ring (bicyclic) bond motifs is 5. The van der Waals surface area contributed by atoms with Crippen LogP contribution in [0.4, 0.5) is 0 Å². The molecule has 3 heterocycles. The monoisotopic (exact) mass is 423 g/mol. The second-order valence-electron chi connectivity index (χ2n) is 8.60. The molecule has 1 aliphatic rings. The van der Waals surface area contributed by atoms with Gasteiger partial charge in [0, 0.05) is 40.6 Å². The number of rotatable bonds is 4. The van der Waals surface area contributed by atoms with Crippen LogP contribution in [0.1, 0.15) is 37.8 Å². The Morgan fingerprint density at radius 2 is 2.03 bits per heavy atom. The number of aromatic nitrogens is 1. The molecule has 162 valence electrons. The van der Waals surface area contributed by atoms with E-state index in [0.717, 1.165) is 57.3 Å². The van der Waals surface area contributed by atoms with E-state index in [1.807, 2.05) is 18.2 Å². The Kier molecular flexibility index (Phi) is 6.04. The predicted molar refractivity (Wildman–Crippen MR) is 136 cm³/mol. The SMILES string of the molecule is C=CC(=C)C1CCc2ccc3c(oc4ncccc43)c2/C(C=C(C)C)=N\C(=C)CC1N=C. The first-order chi connectivity index (χ1) is 15.4. The van der Waals surface area contributed by atoms with Crippen molar-refractivity contribution >= 4 is 34.5 Å². The predicted octanol–water partition coefficient (Wildman–Crippen LogP) is 7.01. The summed E-state index contributed by atoms with van der Waals surface area (Å²) in [6.07, 6.45) is 8.01. The van der Waals surface area contributed by atoms with Crippen LogP contribution >= 0.6 is 0 Å². The van der Waals surface area contributed by atoms with Crippen molar-refractivity contribution < 1.29 is 4.42 Å². The van der Waals surface area contributed by atoms with Crippen molar-refractivity contribution in [1.82, 2.24) is 4.98 Å². The van der Waals surface area contributed by atoms with Gasteiger partial charge < -0.3 is 4.42 Å². The lowest BCUT2D eigenvalue weighted by atomic mass is 9.83. The van der Waals surface area contributed by atoms with E-state index in [2.05, 4.69) is 68.5 Å². The smallest absolute Gasteiger partial charge is 0.227 e. The molecule has 1 aliphatic heterocycles. The molecule has 4 rings (SSSR count). The van der Waals surface area contributed by atoms with Crippen LogP contribution < -0.4 is 0 Å². The van der Waals surface area contributed by atoms with Crippen LogP contribution in [0.5, 0.6) is 0 Å². The Morgan fingerprint density at radius 1 is 1.22 bits per heavy atom. The van der Waals surface area contributed by atoms with Gasteiger partial charge in [-0.25, -0.2) is 4.98 Å². The van der Waals surface area contributed by atoms with Gasteiger partial charge >= 0.3 is 0 Å². The highest BCUT2D eigenvalue weighted by molar-refractivity contribution is 6.20. The van der Waals surface area contributed by atoms with Gasteiger partial charge in [0.25, 0.3) is 0 Å². The molecular weight excluding hydrogens is 394 g/mol. The topological polar surface area (TPSA) is 50.8 Å². The molecule has 32 heavy (non-hydrogen) atoms. The van der Waals surface area contributed by atoms with E-state index in [1.54, 1.807) is 6.20 Å². The lowest BCUT2D eigenvalue weighted by Crippen LogP contribution is -2.22. The summed E-state index contributed by atoms with van der Waals surface area (Å²) in [6, 6.07) is 8.25. The van der Waals surface area contributed by atoms with E-state index >= 15 is 0 Å². The lowest BCUT2D eigenvalue weighted by molar-refractivity contribution is 0.455. The highest BCUT2D eigenvalue weighted by Gasteiger charge is 2.26. The van der Waals surface area contributed by atoms with Gasteiger partial charge in [-0.15, -0.1) is 0 Å². The van der Waals surface area contributed by atoms with E-state index in [-0.39, 0.29) is 12.0 Å². The number of benzene rings is 1. The van der Waals surface area contributed by atoms with Crippen molar-refractivity contribution in [3.05, 3.63) is 90.3 Å². The summed E-state index contributed by atoms with van der Waals surface area (Å²) in [7, 11) is 0. The van der Waals surface area contributed by atoms with E-state index in [9.17, 15) is 0 Å². The van der Waals surface area contributed by atoms with E-state index in [1.165, 1.54) is 5.56 Å². The minimum Gasteiger partial charge on any atom is -0.437 e. The second kappa shape index (κ2) is 8.91. The molecule has 2 aromatic heterocycles. The van der Waals surface area contributed by atoms with Crippen LogP contribution in [-0.2, 0) is 6.42 Å². The number of furan rings is 1. The Hall–Kier alpha value is -3.53. The van der Waals surface area contributed by atoms with Crippen molar-refractivity contribution in [2.75, 3.05) is 0 Å². The fourth-order valence-electron chi connectivity index (χ4n) is 4.52. The van der Waals surface area contributed by atoms with Crippen molar-refractivity contribution in [2.24, 2.45) is 15.9 Å². The van der Waals surface area contributed by atoms with Gasteiger partial charge in [0.15, 0.2) is 0 Å². The highest BCUT2D eigenvalue weighted by Crippen LogP contribution is 2.36. The molecule has 3 aromatic rings. The fraction of sp³-hybridized carbons (Fsp3) is 0.250. The van der Waals surface area contributed by atoms with Crippen molar-refractivity contribution in [3.8, 4) is 0 Å². The maximum atomic E-state index is 6.29. The maximum Gasteiger partial charge on any atom is 0.227 e. The molecule has 0 N–H and O–H groups in total. The number of aryl methyl sites for hydroxylation is 1. The molecule has 0 amide bonds. The van der Waals surface area contributed by atoms with E-state index in [4.69, 9.17) is 9.41 Å². The Bertz CT molecular complexity index is 1300. The molecule has 0 saturated heterocycles. The summed E-state index contributed by atoms with van der Waals surface area (Å²) >= 11 is 0. The van der Waals surface area contributed by atoms with Crippen molar-refractivity contribution in [1.29, 1.82) is 0 Å². The summed E-state index contributed by atoms with van der Waals surface area (Å²) in [5, 5.41) is 2.05. The zero-order valence-corrected chi connectivity index (χ0v) is 18.9. The van der Waals surface area contributed by atoms with Gasteiger partial charge in [-0.2, -0.15) is 0 Å². The van der Waals surface area contributed by atoms with Gasteiger partial charge in [-0.05, 0) is 57.2 Å². The molecule has 0 aliphatic carbocycles. The van der Waals surface area contributed by atoms with Crippen molar-refractivity contribution in [2.45, 2.75) is 39.2 Å².